The van der Waals surface area contributed by atoms with E-state index in [2.05, 4.69) is 10.6 Å². The fourth-order valence-electron chi connectivity index (χ4n) is 4.81. The predicted octanol–water partition coefficient (Wildman–Crippen LogP) is 0.941. The van der Waals surface area contributed by atoms with Gasteiger partial charge in [-0.15, -0.1) is 11.8 Å². The van der Waals surface area contributed by atoms with Crippen LogP contribution in [0, 0.1) is 11.8 Å². The molecule has 4 rings (SSSR count). The third kappa shape index (κ3) is 4.11. The van der Waals surface area contributed by atoms with Gasteiger partial charge in [0.2, 0.25) is 11.8 Å². The number of benzene rings is 1. The van der Waals surface area contributed by atoms with Gasteiger partial charge in [0, 0.05) is 28.3 Å². The summed E-state index contributed by atoms with van der Waals surface area (Å²) in [6.45, 7) is 3.87. The van der Waals surface area contributed by atoms with Crippen LogP contribution >= 0.6 is 11.8 Å². The molecule has 176 valence electrons. The van der Waals surface area contributed by atoms with Crippen molar-refractivity contribution in [3.05, 3.63) is 40.4 Å². The Morgan fingerprint density at radius 1 is 1.24 bits per heavy atom. The van der Waals surface area contributed by atoms with Crippen molar-refractivity contribution < 1.29 is 34.5 Å². The lowest BCUT2D eigenvalue weighted by atomic mass is 9.79. The van der Waals surface area contributed by atoms with Crippen LogP contribution in [0.3, 0.4) is 0 Å². The van der Waals surface area contributed by atoms with Crippen LogP contribution in [-0.2, 0) is 14.4 Å². The molecule has 3 heterocycles. The Labute approximate surface area is 194 Å². The molecule has 1 aromatic rings. The van der Waals surface area contributed by atoms with Crippen molar-refractivity contribution in [2.75, 3.05) is 11.9 Å². The van der Waals surface area contributed by atoms with Gasteiger partial charge in [-0.1, -0.05) is 13.0 Å². The number of β-lactam (4-membered cyclic amide) rings is 1. The Balaban J connectivity index is 1.43. The summed E-state index contributed by atoms with van der Waals surface area (Å²) in [6, 6.07) is 5.07. The molecule has 10 nitrogen and oxygen atoms in total. The SMILES string of the molecule is CC(O)[C@H]1C(=O)N2C(C(=O)O)=C(S[C@@H]3CN[C@H](C(=O)Nc4cccc(C(=O)O)c4)C3)[C@H](C)[C@@H]12. The minimum absolute atomic E-state index is 0.0298. The minimum atomic E-state index is -1.18. The van der Waals surface area contributed by atoms with Crippen molar-refractivity contribution in [3.63, 3.8) is 0 Å². The van der Waals surface area contributed by atoms with Gasteiger partial charge in [-0.25, -0.2) is 9.59 Å². The number of nitrogens with one attached hydrogen (secondary N) is 2. The highest BCUT2D eigenvalue weighted by Crippen LogP contribution is 2.51. The second-order valence-electron chi connectivity index (χ2n) is 8.58. The molecule has 3 aliphatic heterocycles. The highest BCUT2D eigenvalue weighted by molar-refractivity contribution is 8.03. The van der Waals surface area contributed by atoms with Crippen LogP contribution in [0.1, 0.15) is 30.6 Å². The van der Waals surface area contributed by atoms with E-state index in [0.717, 1.165) is 0 Å². The monoisotopic (exact) mass is 475 g/mol. The predicted molar refractivity (Wildman–Crippen MR) is 119 cm³/mol. The number of nitrogens with zero attached hydrogens (tertiary/aromatic N) is 1. The molecule has 2 saturated heterocycles. The maximum Gasteiger partial charge on any atom is 0.353 e. The number of aliphatic carboxylic acids is 1. The molecule has 2 amide bonds. The molecule has 1 aromatic carbocycles. The van der Waals surface area contributed by atoms with Crippen LogP contribution in [0.2, 0.25) is 0 Å². The first-order valence-electron chi connectivity index (χ1n) is 10.6. The number of hydrogen-bond acceptors (Lipinski definition) is 7. The first-order valence-corrected chi connectivity index (χ1v) is 11.5. The van der Waals surface area contributed by atoms with Crippen LogP contribution in [0.4, 0.5) is 5.69 Å². The van der Waals surface area contributed by atoms with Gasteiger partial charge in [0.1, 0.15) is 5.70 Å². The molecule has 0 aliphatic carbocycles. The summed E-state index contributed by atoms with van der Waals surface area (Å²) in [5.74, 6) is -3.79. The number of amides is 2. The fraction of sp³-hybridized carbons (Fsp3) is 0.455. The molecule has 2 fully saturated rings. The van der Waals surface area contributed by atoms with E-state index in [0.29, 0.717) is 23.6 Å². The Bertz CT molecular complexity index is 1060. The van der Waals surface area contributed by atoms with Crippen LogP contribution in [0.5, 0.6) is 0 Å². The van der Waals surface area contributed by atoms with Crippen molar-refractivity contribution in [3.8, 4) is 0 Å². The highest BCUT2D eigenvalue weighted by atomic mass is 32.2. The lowest BCUT2D eigenvalue weighted by Gasteiger charge is -2.46. The molecular formula is C22H25N3O7S. The number of thioether (sulfide) groups is 1. The zero-order valence-electron chi connectivity index (χ0n) is 18.0. The molecular weight excluding hydrogens is 450 g/mol. The van der Waals surface area contributed by atoms with Gasteiger partial charge in [-0.05, 0) is 31.5 Å². The summed E-state index contributed by atoms with van der Waals surface area (Å²) in [5, 5.41) is 34.6. The Kier molecular flexibility index (Phi) is 6.21. The zero-order chi connectivity index (χ0) is 24.0. The molecule has 0 bridgehead atoms. The van der Waals surface area contributed by atoms with Gasteiger partial charge in [0.25, 0.3) is 0 Å². The van der Waals surface area contributed by atoms with E-state index in [9.17, 15) is 29.4 Å². The molecule has 0 spiro atoms. The largest absolute Gasteiger partial charge is 0.478 e. The number of fused-ring (bicyclic) bond motifs is 1. The van der Waals surface area contributed by atoms with Gasteiger partial charge in [0.15, 0.2) is 0 Å². The summed E-state index contributed by atoms with van der Waals surface area (Å²) >= 11 is 1.36. The van der Waals surface area contributed by atoms with Crippen molar-refractivity contribution in [2.24, 2.45) is 11.8 Å². The van der Waals surface area contributed by atoms with E-state index in [-0.39, 0.29) is 40.3 Å². The second kappa shape index (κ2) is 8.81. The third-order valence-corrected chi connectivity index (χ3v) is 7.90. The molecule has 33 heavy (non-hydrogen) atoms. The Morgan fingerprint density at radius 3 is 2.61 bits per heavy atom. The number of aliphatic hydroxyl groups is 1. The van der Waals surface area contributed by atoms with Gasteiger partial charge >= 0.3 is 11.9 Å². The average Bonchev–Trinajstić information content (AvgIpc) is 3.30. The molecule has 11 heteroatoms. The van der Waals surface area contributed by atoms with Gasteiger partial charge in [0.05, 0.1) is 29.7 Å². The summed E-state index contributed by atoms with van der Waals surface area (Å²) in [5.41, 5.74) is 0.418. The van der Waals surface area contributed by atoms with Gasteiger partial charge in [-0.3, -0.25) is 9.59 Å². The van der Waals surface area contributed by atoms with E-state index < -0.39 is 30.0 Å². The van der Waals surface area contributed by atoms with E-state index in [4.69, 9.17) is 5.11 Å². The normalized spacial score (nSPS) is 29.5. The first kappa shape index (κ1) is 23.3. The minimum Gasteiger partial charge on any atom is -0.478 e. The summed E-state index contributed by atoms with van der Waals surface area (Å²) in [4.78, 5) is 50.1. The van der Waals surface area contributed by atoms with E-state index in [1.165, 1.54) is 35.7 Å². The maximum atomic E-state index is 12.7. The quantitative estimate of drug-likeness (QED) is 0.362. The molecule has 0 saturated carbocycles. The fourth-order valence-corrected chi connectivity index (χ4v) is 6.29. The van der Waals surface area contributed by atoms with E-state index in [1.54, 1.807) is 12.1 Å². The van der Waals surface area contributed by atoms with Crippen molar-refractivity contribution in [1.29, 1.82) is 0 Å². The van der Waals surface area contributed by atoms with E-state index in [1.807, 2.05) is 6.92 Å². The van der Waals surface area contributed by atoms with Crippen LogP contribution in [0.15, 0.2) is 34.9 Å². The number of carboxylic acids is 2. The molecule has 5 N–H and O–H groups in total. The molecule has 3 aliphatic rings. The van der Waals surface area contributed by atoms with Gasteiger partial charge < -0.3 is 30.9 Å². The van der Waals surface area contributed by atoms with Crippen molar-refractivity contribution in [1.82, 2.24) is 10.2 Å². The number of carbonyl (C=O) groups is 4. The van der Waals surface area contributed by atoms with Gasteiger partial charge in [-0.2, -0.15) is 0 Å². The van der Waals surface area contributed by atoms with Crippen molar-refractivity contribution >= 4 is 41.2 Å². The number of carboxylic acid groups (broad SMARTS) is 2. The molecule has 6 atom stereocenters. The summed E-state index contributed by atoms with van der Waals surface area (Å²) < 4.78 is 0. The first-order chi connectivity index (χ1) is 15.6. The average molecular weight is 476 g/mol. The zero-order valence-corrected chi connectivity index (χ0v) is 18.8. The second-order valence-corrected chi connectivity index (χ2v) is 9.93. The number of aliphatic hydroxyl groups excluding tert-OH is 1. The van der Waals surface area contributed by atoms with Crippen molar-refractivity contribution in [2.45, 2.75) is 43.7 Å². The number of carbonyl (C=O) groups excluding carboxylic acids is 2. The Morgan fingerprint density at radius 2 is 1.97 bits per heavy atom. The maximum absolute atomic E-state index is 12.7. The number of anilines is 1. The lowest BCUT2D eigenvalue weighted by molar-refractivity contribution is -0.163. The third-order valence-electron chi connectivity index (χ3n) is 6.39. The summed E-state index contributed by atoms with van der Waals surface area (Å²) in [7, 11) is 0. The number of rotatable bonds is 7. The molecule has 0 aromatic heterocycles. The van der Waals surface area contributed by atoms with Crippen LogP contribution < -0.4 is 10.6 Å². The van der Waals surface area contributed by atoms with Crippen LogP contribution in [0.25, 0.3) is 0 Å². The van der Waals surface area contributed by atoms with Crippen LogP contribution in [-0.4, -0.2) is 74.0 Å². The molecule has 1 unspecified atom stereocenters. The highest BCUT2D eigenvalue weighted by Gasteiger charge is 2.60. The summed E-state index contributed by atoms with van der Waals surface area (Å²) in [6.07, 6.45) is -0.419. The topological polar surface area (TPSA) is 156 Å². The number of aromatic carboxylic acids is 1. The Hall–Kier alpha value is -2.89. The smallest absolute Gasteiger partial charge is 0.353 e. The lowest BCUT2D eigenvalue weighted by Crippen LogP contribution is -2.63. The molecule has 0 radical (unpaired) electrons. The standard InChI is InChI=1S/C22H25N3O7S/c1-9-16-15(10(2)26)20(28)25(16)17(22(31)32)18(9)33-13-7-14(23-8-13)19(27)24-12-5-3-4-11(6-12)21(29)30/h3-6,9-10,13-16,23,26H,7-8H2,1-2H3,(H,24,27)(H,29,30)(H,31,32)/t9-,10?,13+,14+,15-,16+/m1/s1. The van der Waals surface area contributed by atoms with E-state index >= 15 is 0 Å². The number of hydrogen-bond donors (Lipinski definition) is 5.